The van der Waals surface area contributed by atoms with Gasteiger partial charge in [0.1, 0.15) is 5.82 Å². The Balaban J connectivity index is 2.17. The molecule has 0 bridgehead atoms. The lowest BCUT2D eigenvalue weighted by Gasteiger charge is -2.23. The number of benzene rings is 1. The Hall–Kier alpha value is -2.14. The highest BCUT2D eigenvalue weighted by molar-refractivity contribution is 5.95. The number of aromatic nitrogens is 2. The van der Waals surface area contributed by atoms with Crippen molar-refractivity contribution in [2.24, 2.45) is 7.05 Å². The van der Waals surface area contributed by atoms with Crippen LogP contribution in [0.2, 0.25) is 0 Å². The molecule has 5 heteroatoms. The molecule has 0 unspecified atom stereocenters. The molecule has 5 nitrogen and oxygen atoms in total. The molecule has 2 rings (SSSR count). The Kier molecular flexibility index (Phi) is 5.55. The first-order valence-corrected chi connectivity index (χ1v) is 7.97. The van der Waals surface area contributed by atoms with E-state index in [1.807, 2.05) is 63.3 Å². The summed E-state index contributed by atoms with van der Waals surface area (Å²) in [4.78, 5) is 14.7. The molecule has 124 valence electrons. The van der Waals surface area contributed by atoms with E-state index >= 15 is 0 Å². The van der Waals surface area contributed by atoms with E-state index in [1.165, 1.54) is 0 Å². The number of aryl methyl sites for hydroxylation is 2. The first kappa shape index (κ1) is 17.2. The van der Waals surface area contributed by atoms with Gasteiger partial charge in [-0.3, -0.25) is 14.4 Å². The molecule has 1 heterocycles. The molecular formula is C18H26N4O. The van der Waals surface area contributed by atoms with Crippen molar-refractivity contribution < 1.29 is 4.79 Å². The maximum atomic E-state index is 12.8. The van der Waals surface area contributed by atoms with Gasteiger partial charge in [0.2, 0.25) is 5.91 Å². The van der Waals surface area contributed by atoms with Crippen LogP contribution >= 0.6 is 0 Å². The van der Waals surface area contributed by atoms with Crippen LogP contribution in [-0.4, -0.2) is 40.7 Å². The first-order valence-electron chi connectivity index (χ1n) is 7.97. The molecule has 0 aliphatic rings. The minimum Gasteiger partial charge on any atom is -0.309 e. The van der Waals surface area contributed by atoms with Crippen molar-refractivity contribution in [3.63, 3.8) is 0 Å². The van der Waals surface area contributed by atoms with Crippen LogP contribution < -0.4 is 5.32 Å². The van der Waals surface area contributed by atoms with Crippen LogP contribution in [0.5, 0.6) is 0 Å². The molecule has 0 aliphatic heterocycles. The van der Waals surface area contributed by atoms with Gasteiger partial charge >= 0.3 is 0 Å². The van der Waals surface area contributed by atoms with E-state index in [0.29, 0.717) is 6.42 Å². The van der Waals surface area contributed by atoms with Gasteiger partial charge in [0.05, 0.1) is 11.7 Å². The summed E-state index contributed by atoms with van der Waals surface area (Å²) in [5, 5.41) is 7.51. The standard InChI is InChI=1S/C18H26N4O/c1-6-15-13(2)17(22(5)20-15)19-18(23)16(21(3)4)12-14-10-8-7-9-11-14/h7-11,16H,6,12H2,1-5H3,(H,19,23)/t16-/m0/s1. The number of carbonyl (C=O) groups is 1. The van der Waals surface area contributed by atoms with Gasteiger partial charge in [0, 0.05) is 12.6 Å². The molecular weight excluding hydrogens is 288 g/mol. The van der Waals surface area contributed by atoms with Crippen molar-refractivity contribution in [3.05, 3.63) is 47.2 Å². The van der Waals surface area contributed by atoms with Gasteiger partial charge in [-0.15, -0.1) is 0 Å². The third kappa shape index (κ3) is 3.99. The minimum absolute atomic E-state index is 0.00685. The van der Waals surface area contributed by atoms with Crippen LogP contribution in [0.25, 0.3) is 0 Å². The number of carbonyl (C=O) groups excluding carboxylic acids is 1. The largest absolute Gasteiger partial charge is 0.309 e. The highest BCUT2D eigenvalue weighted by Crippen LogP contribution is 2.19. The van der Waals surface area contributed by atoms with E-state index in [-0.39, 0.29) is 11.9 Å². The van der Waals surface area contributed by atoms with Gasteiger partial charge in [0.25, 0.3) is 0 Å². The Morgan fingerprint density at radius 2 is 1.96 bits per heavy atom. The van der Waals surface area contributed by atoms with Crippen LogP contribution in [0.4, 0.5) is 5.82 Å². The summed E-state index contributed by atoms with van der Waals surface area (Å²) in [7, 11) is 5.73. The number of nitrogens with zero attached hydrogens (tertiary/aromatic N) is 3. The lowest BCUT2D eigenvalue weighted by atomic mass is 10.0. The zero-order valence-corrected chi connectivity index (χ0v) is 14.6. The number of likely N-dealkylation sites (N-methyl/N-ethyl adjacent to an activating group) is 1. The molecule has 1 amide bonds. The van der Waals surface area contributed by atoms with E-state index < -0.39 is 0 Å². The summed E-state index contributed by atoms with van der Waals surface area (Å²) in [6, 6.07) is 9.86. The van der Waals surface area contributed by atoms with E-state index in [2.05, 4.69) is 17.3 Å². The number of anilines is 1. The summed E-state index contributed by atoms with van der Waals surface area (Å²) in [5.74, 6) is 0.777. The second-order valence-electron chi connectivity index (χ2n) is 6.06. The predicted octanol–water partition coefficient (Wildman–Crippen LogP) is 2.40. The second-order valence-corrected chi connectivity index (χ2v) is 6.06. The smallest absolute Gasteiger partial charge is 0.243 e. The van der Waals surface area contributed by atoms with Crippen molar-refractivity contribution >= 4 is 11.7 Å². The van der Waals surface area contributed by atoms with E-state index in [1.54, 1.807) is 4.68 Å². The van der Waals surface area contributed by atoms with E-state index in [0.717, 1.165) is 29.1 Å². The molecule has 0 saturated heterocycles. The fourth-order valence-corrected chi connectivity index (χ4v) is 2.74. The number of hydrogen-bond acceptors (Lipinski definition) is 3. The number of rotatable bonds is 6. The summed E-state index contributed by atoms with van der Waals surface area (Å²) in [6.07, 6.45) is 1.54. The first-order chi connectivity index (χ1) is 10.9. The van der Waals surface area contributed by atoms with Crippen LogP contribution in [-0.2, 0) is 24.7 Å². The van der Waals surface area contributed by atoms with Gasteiger partial charge in [-0.2, -0.15) is 5.10 Å². The molecule has 0 fully saturated rings. The van der Waals surface area contributed by atoms with Gasteiger partial charge in [0.15, 0.2) is 0 Å². The third-order valence-corrected chi connectivity index (χ3v) is 4.16. The van der Waals surface area contributed by atoms with Crippen molar-refractivity contribution in [1.82, 2.24) is 14.7 Å². The highest BCUT2D eigenvalue weighted by atomic mass is 16.2. The van der Waals surface area contributed by atoms with Crippen LogP contribution in [0.3, 0.4) is 0 Å². The second kappa shape index (κ2) is 7.42. The minimum atomic E-state index is -0.225. The SMILES string of the molecule is CCc1nn(C)c(NC(=O)[C@H](Cc2ccccc2)N(C)C)c1C. The molecule has 1 N–H and O–H groups in total. The van der Waals surface area contributed by atoms with Crippen molar-refractivity contribution in [3.8, 4) is 0 Å². The number of nitrogens with one attached hydrogen (secondary N) is 1. The van der Waals surface area contributed by atoms with Crippen LogP contribution in [0, 0.1) is 6.92 Å². The van der Waals surface area contributed by atoms with Gasteiger partial charge in [-0.1, -0.05) is 37.3 Å². The van der Waals surface area contributed by atoms with Gasteiger partial charge in [-0.25, -0.2) is 0 Å². The number of amides is 1. The molecule has 0 spiro atoms. The van der Waals surface area contributed by atoms with Crippen molar-refractivity contribution in [1.29, 1.82) is 0 Å². The van der Waals surface area contributed by atoms with Crippen molar-refractivity contribution in [2.45, 2.75) is 32.7 Å². The Morgan fingerprint density at radius 3 is 2.48 bits per heavy atom. The highest BCUT2D eigenvalue weighted by Gasteiger charge is 2.23. The monoisotopic (exact) mass is 314 g/mol. The topological polar surface area (TPSA) is 50.2 Å². The normalized spacial score (nSPS) is 12.4. The molecule has 1 atom stereocenters. The predicted molar refractivity (Wildman–Crippen MR) is 93.6 cm³/mol. The van der Waals surface area contributed by atoms with Gasteiger partial charge < -0.3 is 5.32 Å². The molecule has 0 saturated carbocycles. The Morgan fingerprint density at radius 1 is 1.30 bits per heavy atom. The molecule has 2 aromatic rings. The average molecular weight is 314 g/mol. The fourth-order valence-electron chi connectivity index (χ4n) is 2.74. The van der Waals surface area contributed by atoms with E-state index in [9.17, 15) is 4.79 Å². The molecule has 0 radical (unpaired) electrons. The molecule has 1 aromatic heterocycles. The van der Waals surface area contributed by atoms with Crippen LogP contribution in [0.15, 0.2) is 30.3 Å². The van der Waals surface area contributed by atoms with E-state index in [4.69, 9.17) is 0 Å². The lowest BCUT2D eigenvalue weighted by Crippen LogP contribution is -2.41. The van der Waals surface area contributed by atoms with Gasteiger partial charge in [-0.05, 0) is 39.4 Å². The summed E-state index contributed by atoms with van der Waals surface area (Å²) < 4.78 is 1.75. The Labute approximate surface area is 138 Å². The average Bonchev–Trinajstić information content (AvgIpc) is 2.80. The lowest BCUT2D eigenvalue weighted by molar-refractivity contribution is -0.120. The summed E-state index contributed by atoms with van der Waals surface area (Å²) in [5.41, 5.74) is 3.21. The zero-order chi connectivity index (χ0) is 17.0. The summed E-state index contributed by atoms with van der Waals surface area (Å²) in [6.45, 7) is 4.07. The molecule has 0 aliphatic carbocycles. The quantitative estimate of drug-likeness (QED) is 0.891. The van der Waals surface area contributed by atoms with Crippen molar-refractivity contribution in [2.75, 3.05) is 19.4 Å². The third-order valence-electron chi connectivity index (χ3n) is 4.16. The maximum Gasteiger partial charge on any atom is 0.243 e. The summed E-state index contributed by atoms with van der Waals surface area (Å²) >= 11 is 0. The molecule has 23 heavy (non-hydrogen) atoms. The number of hydrogen-bond donors (Lipinski definition) is 1. The zero-order valence-electron chi connectivity index (χ0n) is 14.6. The van der Waals surface area contributed by atoms with Crippen LogP contribution in [0.1, 0.15) is 23.7 Å². The maximum absolute atomic E-state index is 12.8. The Bertz CT molecular complexity index is 661. The molecule has 1 aromatic carbocycles. The fraction of sp³-hybridized carbons (Fsp3) is 0.444.